The molecule has 0 aromatic heterocycles. The molecule has 2 rings (SSSR count). The Labute approximate surface area is 172 Å². The standard InChI is InChI=1S/C20H21F4NO4S/c1-13(8-15-6-4-3-5-7-15)25-19(26)14(2)16-9-17(20(22,23)24)11-18(10-16)29-30(27,28)12-21/h3-7,9-11,13-14H,8,12H2,1-2H3,(H,25,26). The summed E-state index contributed by atoms with van der Waals surface area (Å²) < 4.78 is 79.1. The van der Waals surface area contributed by atoms with E-state index < -0.39 is 45.4 Å². The largest absolute Gasteiger partial charge is 0.416 e. The lowest BCUT2D eigenvalue weighted by Crippen LogP contribution is -2.36. The number of carbonyl (C=O) groups excluding carboxylic acids is 1. The van der Waals surface area contributed by atoms with E-state index in [-0.39, 0.29) is 11.6 Å². The highest BCUT2D eigenvalue weighted by Gasteiger charge is 2.33. The van der Waals surface area contributed by atoms with Gasteiger partial charge in [-0.15, -0.1) is 0 Å². The fraction of sp³-hybridized carbons (Fsp3) is 0.350. The van der Waals surface area contributed by atoms with Gasteiger partial charge >= 0.3 is 16.3 Å². The molecule has 0 saturated heterocycles. The molecule has 10 heteroatoms. The number of rotatable bonds is 8. The van der Waals surface area contributed by atoms with Crippen molar-refractivity contribution in [3.63, 3.8) is 0 Å². The molecule has 164 valence electrons. The van der Waals surface area contributed by atoms with E-state index in [2.05, 4.69) is 9.50 Å². The Kier molecular flexibility index (Phi) is 7.46. The first-order chi connectivity index (χ1) is 13.9. The van der Waals surface area contributed by atoms with Crippen molar-refractivity contribution in [1.29, 1.82) is 0 Å². The molecule has 0 saturated carbocycles. The zero-order valence-electron chi connectivity index (χ0n) is 16.2. The summed E-state index contributed by atoms with van der Waals surface area (Å²) in [5.41, 5.74) is -0.344. The summed E-state index contributed by atoms with van der Waals surface area (Å²) in [7, 11) is -4.69. The summed E-state index contributed by atoms with van der Waals surface area (Å²) >= 11 is 0. The molecule has 2 atom stereocenters. The molecule has 5 nitrogen and oxygen atoms in total. The van der Waals surface area contributed by atoms with Crippen LogP contribution in [0.2, 0.25) is 0 Å². The molecule has 1 amide bonds. The minimum absolute atomic E-state index is 0.113. The van der Waals surface area contributed by atoms with Crippen molar-refractivity contribution < 1.29 is 35.0 Å². The van der Waals surface area contributed by atoms with Crippen LogP contribution in [0.5, 0.6) is 5.75 Å². The van der Waals surface area contributed by atoms with Crippen LogP contribution < -0.4 is 9.50 Å². The van der Waals surface area contributed by atoms with E-state index in [0.717, 1.165) is 17.7 Å². The van der Waals surface area contributed by atoms with Crippen molar-refractivity contribution >= 4 is 16.0 Å². The van der Waals surface area contributed by atoms with Gasteiger partial charge in [0.1, 0.15) is 5.75 Å². The fourth-order valence-corrected chi connectivity index (χ4v) is 3.22. The van der Waals surface area contributed by atoms with Crippen molar-refractivity contribution in [2.24, 2.45) is 0 Å². The van der Waals surface area contributed by atoms with Gasteiger partial charge in [-0.05, 0) is 49.6 Å². The predicted molar refractivity (Wildman–Crippen MR) is 103 cm³/mol. The molecule has 0 bridgehead atoms. The van der Waals surface area contributed by atoms with Gasteiger partial charge in [-0.1, -0.05) is 30.3 Å². The maximum Gasteiger partial charge on any atom is 0.416 e. The Morgan fingerprint density at radius 1 is 1.10 bits per heavy atom. The Morgan fingerprint density at radius 3 is 2.30 bits per heavy atom. The third-order valence-corrected chi connectivity index (χ3v) is 4.99. The van der Waals surface area contributed by atoms with E-state index in [4.69, 9.17) is 0 Å². The molecular weight excluding hydrogens is 426 g/mol. The molecule has 1 N–H and O–H groups in total. The van der Waals surface area contributed by atoms with Crippen molar-refractivity contribution in [2.45, 2.75) is 38.4 Å². The lowest BCUT2D eigenvalue weighted by Gasteiger charge is -2.19. The van der Waals surface area contributed by atoms with Crippen LogP contribution in [-0.4, -0.2) is 26.4 Å². The second kappa shape index (κ2) is 9.46. The van der Waals surface area contributed by atoms with Gasteiger partial charge in [0.2, 0.25) is 11.9 Å². The molecule has 0 fully saturated rings. The fourth-order valence-electron chi connectivity index (χ4n) is 2.79. The lowest BCUT2D eigenvalue weighted by atomic mass is 9.97. The highest BCUT2D eigenvalue weighted by molar-refractivity contribution is 7.86. The van der Waals surface area contributed by atoms with Crippen molar-refractivity contribution in [1.82, 2.24) is 5.32 Å². The number of amides is 1. The zero-order chi connectivity index (χ0) is 22.5. The first kappa shape index (κ1) is 23.7. The first-order valence-electron chi connectivity index (χ1n) is 8.96. The predicted octanol–water partition coefficient (Wildman–Crippen LogP) is 4.19. The van der Waals surface area contributed by atoms with Gasteiger partial charge in [0.25, 0.3) is 0 Å². The Morgan fingerprint density at radius 2 is 1.73 bits per heavy atom. The van der Waals surface area contributed by atoms with Gasteiger partial charge in [0.05, 0.1) is 11.5 Å². The number of carbonyl (C=O) groups is 1. The molecule has 0 aliphatic heterocycles. The Bertz CT molecular complexity index is 978. The van der Waals surface area contributed by atoms with E-state index in [1.54, 1.807) is 6.92 Å². The molecule has 2 aromatic rings. The molecule has 0 aliphatic carbocycles. The SMILES string of the molecule is CC(Cc1ccccc1)NC(=O)C(C)c1cc(OS(=O)(=O)CF)cc(C(F)(F)F)c1. The number of hydrogen-bond donors (Lipinski definition) is 1. The summed E-state index contributed by atoms with van der Waals surface area (Å²) in [6.07, 6.45) is -4.30. The third kappa shape index (κ3) is 6.72. The molecule has 0 aliphatic rings. The third-order valence-electron chi connectivity index (χ3n) is 4.28. The van der Waals surface area contributed by atoms with E-state index in [1.165, 1.54) is 6.92 Å². The second-order valence-electron chi connectivity index (χ2n) is 6.86. The maximum absolute atomic E-state index is 13.2. The zero-order valence-corrected chi connectivity index (χ0v) is 17.1. The van der Waals surface area contributed by atoms with Crippen LogP contribution in [0.1, 0.15) is 36.5 Å². The molecule has 30 heavy (non-hydrogen) atoms. The van der Waals surface area contributed by atoms with Crippen molar-refractivity contribution in [2.75, 3.05) is 6.01 Å². The van der Waals surface area contributed by atoms with E-state index >= 15 is 0 Å². The summed E-state index contributed by atoms with van der Waals surface area (Å²) in [5.74, 6) is -2.30. The number of halogens is 4. The number of nitrogens with one attached hydrogen (secondary N) is 1. The average molecular weight is 447 g/mol. The van der Waals surface area contributed by atoms with Crippen molar-refractivity contribution in [3.8, 4) is 5.75 Å². The van der Waals surface area contributed by atoms with Crippen LogP contribution in [0.15, 0.2) is 48.5 Å². The Hall–Kier alpha value is -2.62. The highest BCUT2D eigenvalue weighted by atomic mass is 32.2. The van der Waals surface area contributed by atoms with Gasteiger partial charge < -0.3 is 9.50 Å². The highest BCUT2D eigenvalue weighted by Crippen LogP contribution is 2.35. The Balaban J connectivity index is 2.23. The minimum Gasteiger partial charge on any atom is -0.381 e. The summed E-state index contributed by atoms with van der Waals surface area (Å²) in [4.78, 5) is 12.5. The van der Waals surface area contributed by atoms with Gasteiger partial charge in [0.15, 0.2) is 0 Å². The van der Waals surface area contributed by atoms with Crippen LogP contribution in [0.25, 0.3) is 0 Å². The molecule has 2 aromatic carbocycles. The minimum atomic E-state index is -4.82. The molecule has 0 heterocycles. The lowest BCUT2D eigenvalue weighted by molar-refractivity contribution is -0.137. The van der Waals surface area contributed by atoms with E-state index in [1.807, 2.05) is 30.3 Å². The number of hydrogen-bond acceptors (Lipinski definition) is 4. The van der Waals surface area contributed by atoms with Crippen LogP contribution in [0.3, 0.4) is 0 Å². The number of benzene rings is 2. The van der Waals surface area contributed by atoms with Crippen molar-refractivity contribution in [3.05, 3.63) is 65.2 Å². The smallest absolute Gasteiger partial charge is 0.381 e. The van der Waals surface area contributed by atoms with Crippen LogP contribution in [-0.2, 0) is 27.5 Å². The second-order valence-corrected chi connectivity index (χ2v) is 8.36. The van der Waals surface area contributed by atoms with Gasteiger partial charge in [-0.3, -0.25) is 4.79 Å². The quantitative estimate of drug-likeness (QED) is 0.487. The monoisotopic (exact) mass is 447 g/mol. The van der Waals surface area contributed by atoms with E-state index in [9.17, 15) is 30.8 Å². The molecular formula is C20H21F4NO4S. The summed E-state index contributed by atoms with van der Waals surface area (Å²) in [5, 5.41) is 2.72. The molecule has 0 radical (unpaired) electrons. The molecule has 0 spiro atoms. The maximum atomic E-state index is 13.2. The van der Waals surface area contributed by atoms with Crippen LogP contribution >= 0.6 is 0 Å². The van der Waals surface area contributed by atoms with E-state index in [0.29, 0.717) is 12.5 Å². The van der Waals surface area contributed by atoms with Gasteiger partial charge in [-0.25, -0.2) is 4.39 Å². The van der Waals surface area contributed by atoms with Crippen LogP contribution in [0.4, 0.5) is 17.6 Å². The van der Waals surface area contributed by atoms with Gasteiger partial charge in [-0.2, -0.15) is 21.6 Å². The topological polar surface area (TPSA) is 72.5 Å². The summed E-state index contributed by atoms with van der Waals surface area (Å²) in [6.45, 7) is 3.14. The normalized spacial score (nSPS) is 14.1. The average Bonchev–Trinajstić information content (AvgIpc) is 2.66. The number of alkyl halides is 4. The van der Waals surface area contributed by atoms with Gasteiger partial charge in [0, 0.05) is 6.04 Å². The summed E-state index contributed by atoms with van der Waals surface area (Å²) in [6, 6.07) is 9.29. The van der Waals surface area contributed by atoms with Crippen LogP contribution in [0, 0.1) is 0 Å². The molecule has 2 unspecified atom stereocenters. The first-order valence-corrected chi connectivity index (χ1v) is 10.5.